The first-order chi connectivity index (χ1) is 16.7. The van der Waals surface area contributed by atoms with E-state index in [1.165, 1.54) is 0 Å². The number of hydrogen-bond acceptors (Lipinski definition) is 5. The lowest BCUT2D eigenvalue weighted by Gasteiger charge is -2.13. The van der Waals surface area contributed by atoms with Crippen LogP contribution in [0, 0.1) is 0 Å². The van der Waals surface area contributed by atoms with E-state index < -0.39 is 0 Å². The van der Waals surface area contributed by atoms with Gasteiger partial charge >= 0.3 is 0 Å². The van der Waals surface area contributed by atoms with Crippen molar-refractivity contribution in [2.45, 2.75) is 105 Å². The predicted molar refractivity (Wildman–Crippen MR) is 141 cm³/mol. The fraction of sp³-hybridized carbons (Fsp3) is 0.552. The normalized spacial score (nSPS) is 11.2. The molecule has 3 heterocycles. The molecule has 182 valence electrons. The van der Waals surface area contributed by atoms with Gasteiger partial charge < -0.3 is 0 Å². The summed E-state index contributed by atoms with van der Waals surface area (Å²) in [7, 11) is 0. The van der Waals surface area contributed by atoms with Crippen LogP contribution >= 0.6 is 0 Å². The summed E-state index contributed by atoms with van der Waals surface area (Å²) in [6.45, 7) is 8.85. The van der Waals surface area contributed by atoms with E-state index in [0.717, 1.165) is 122 Å². The molecule has 0 N–H and O–H groups in total. The summed E-state index contributed by atoms with van der Waals surface area (Å²) < 4.78 is 0. The van der Waals surface area contributed by atoms with E-state index in [1.807, 2.05) is 24.8 Å². The van der Waals surface area contributed by atoms with Crippen molar-refractivity contribution < 1.29 is 0 Å². The van der Waals surface area contributed by atoms with Crippen molar-refractivity contribution in [3.63, 3.8) is 0 Å². The minimum atomic E-state index is 0.936. The Bertz CT molecular complexity index is 952. The van der Waals surface area contributed by atoms with Crippen LogP contribution in [-0.4, -0.2) is 24.9 Å². The Kier molecular flexibility index (Phi) is 10.6. The Morgan fingerprint density at radius 2 is 0.941 bits per heavy atom. The van der Waals surface area contributed by atoms with Crippen LogP contribution in [0.15, 0.2) is 30.9 Å². The number of nitrogens with zero attached hydrogens (tertiary/aromatic N) is 5. The van der Waals surface area contributed by atoms with E-state index in [0.29, 0.717) is 0 Å². The van der Waals surface area contributed by atoms with Crippen LogP contribution < -0.4 is 0 Å². The number of aromatic nitrogens is 5. The van der Waals surface area contributed by atoms with E-state index >= 15 is 0 Å². The van der Waals surface area contributed by atoms with Gasteiger partial charge in [-0.2, -0.15) is 0 Å². The largest absolute Gasteiger partial charge is 0.263 e. The molecule has 0 fully saturated rings. The van der Waals surface area contributed by atoms with Crippen LogP contribution in [0.2, 0.25) is 0 Å². The topological polar surface area (TPSA) is 64.5 Å². The highest BCUT2D eigenvalue weighted by Crippen LogP contribution is 2.28. The standard InChI is InChI=1S/C29H41N5/c1-5-9-13-24-20-31-26(15-11-7-3)28(33-24)22-17-23(19-30-18-22)29-27(16-12-8-4)32-21-25(34-29)14-10-6-2/h17-21H,5-16H2,1-4H3. The number of hydrogen-bond donors (Lipinski definition) is 0. The number of pyridine rings is 1. The zero-order chi connectivity index (χ0) is 24.2. The Morgan fingerprint density at radius 1 is 0.529 bits per heavy atom. The quantitative estimate of drug-likeness (QED) is 0.252. The molecule has 3 aromatic heterocycles. The Labute approximate surface area is 205 Å². The Balaban J connectivity index is 2.04. The SMILES string of the molecule is CCCCc1cnc(CCCC)c(-c2cncc(-c3nc(CCCC)cnc3CCCC)c2)n1. The molecule has 0 saturated heterocycles. The second kappa shape index (κ2) is 13.9. The first-order valence-electron chi connectivity index (χ1n) is 13.3. The summed E-state index contributed by atoms with van der Waals surface area (Å²) in [6.07, 6.45) is 20.6. The maximum atomic E-state index is 5.06. The fourth-order valence-corrected chi connectivity index (χ4v) is 4.07. The van der Waals surface area contributed by atoms with Gasteiger partial charge in [0.25, 0.3) is 0 Å². The highest BCUT2D eigenvalue weighted by atomic mass is 14.8. The molecule has 5 nitrogen and oxygen atoms in total. The molecule has 0 bridgehead atoms. The van der Waals surface area contributed by atoms with Crippen molar-refractivity contribution in [1.29, 1.82) is 0 Å². The first-order valence-corrected chi connectivity index (χ1v) is 13.3. The van der Waals surface area contributed by atoms with Crippen molar-refractivity contribution in [3.05, 3.63) is 53.6 Å². The van der Waals surface area contributed by atoms with Crippen LogP contribution in [0.3, 0.4) is 0 Å². The minimum absolute atomic E-state index is 0.936. The van der Waals surface area contributed by atoms with Gasteiger partial charge in [0.05, 0.1) is 34.2 Å². The third-order valence-corrected chi connectivity index (χ3v) is 6.19. The van der Waals surface area contributed by atoms with Gasteiger partial charge in [-0.15, -0.1) is 0 Å². The van der Waals surface area contributed by atoms with Crippen molar-refractivity contribution >= 4 is 0 Å². The van der Waals surface area contributed by atoms with Crippen LogP contribution in [0.4, 0.5) is 0 Å². The molecule has 3 aromatic rings. The molecule has 0 amide bonds. The van der Waals surface area contributed by atoms with E-state index in [1.54, 1.807) is 0 Å². The van der Waals surface area contributed by atoms with Crippen molar-refractivity contribution in [2.75, 3.05) is 0 Å². The molecule has 3 rings (SSSR count). The van der Waals surface area contributed by atoms with E-state index in [4.69, 9.17) is 19.9 Å². The van der Waals surface area contributed by atoms with E-state index in [9.17, 15) is 0 Å². The number of unbranched alkanes of at least 4 members (excludes halogenated alkanes) is 4. The summed E-state index contributed by atoms with van der Waals surface area (Å²) in [5.74, 6) is 0. The second-order valence-corrected chi connectivity index (χ2v) is 9.19. The molecular formula is C29H41N5. The summed E-state index contributed by atoms with van der Waals surface area (Å²) in [5, 5.41) is 0. The zero-order valence-corrected chi connectivity index (χ0v) is 21.6. The number of aryl methyl sites for hydroxylation is 4. The molecule has 0 aliphatic heterocycles. The van der Waals surface area contributed by atoms with Crippen LogP contribution in [0.5, 0.6) is 0 Å². The van der Waals surface area contributed by atoms with Gasteiger partial charge in [-0.05, 0) is 57.4 Å². The summed E-state index contributed by atoms with van der Waals surface area (Å²) in [6, 6.07) is 2.19. The summed E-state index contributed by atoms with van der Waals surface area (Å²) in [5.41, 5.74) is 8.25. The maximum absolute atomic E-state index is 5.06. The van der Waals surface area contributed by atoms with Crippen LogP contribution in [-0.2, 0) is 25.7 Å². The molecule has 0 aromatic carbocycles. The summed E-state index contributed by atoms with van der Waals surface area (Å²) in [4.78, 5) is 24.4. The molecule has 5 heteroatoms. The molecule has 34 heavy (non-hydrogen) atoms. The molecule has 0 atom stereocenters. The smallest absolute Gasteiger partial charge is 0.0936 e. The van der Waals surface area contributed by atoms with Crippen molar-refractivity contribution in [3.8, 4) is 22.5 Å². The van der Waals surface area contributed by atoms with Gasteiger partial charge in [0, 0.05) is 35.9 Å². The Hall–Kier alpha value is -2.69. The minimum Gasteiger partial charge on any atom is -0.263 e. The number of rotatable bonds is 14. The lowest BCUT2D eigenvalue weighted by molar-refractivity contribution is 0.750. The molecule has 0 aliphatic carbocycles. The molecule has 0 radical (unpaired) electrons. The third-order valence-electron chi connectivity index (χ3n) is 6.19. The molecule has 0 unspecified atom stereocenters. The third kappa shape index (κ3) is 7.15. The highest BCUT2D eigenvalue weighted by molar-refractivity contribution is 5.70. The highest BCUT2D eigenvalue weighted by Gasteiger charge is 2.15. The zero-order valence-electron chi connectivity index (χ0n) is 21.6. The van der Waals surface area contributed by atoms with Crippen molar-refractivity contribution in [1.82, 2.24) is 24.9 Å². The van der Waals surface area contributed by atoms with Gasteiger partial charge in [0.1, 0.15) is 0 Å². The van der Waals surface area contributed by atoms with Gasteiger partial charge in [-0.3, -0.25) is 15.0 Å². The molecule has 0 spiro atoms. The van der Waals surface area contributed by atoms with Gasteiger partial charge in [0.15, 0.2) is 0 Å². The van der Waals surface area contributed by atoms with Crippen molar-refractivity contribution in [2.24, 2.45) is 0 Å². The summed E-state index contributed by atoms with van der Waals surface area (Å²) >= 11 is 0. The molecule has 0 saturated carbocycles. The monoisotopic (exact) mass is 459 g/mol. The predicted octanol–water partition coefficient (Wildman–Crippen LogP) is 7.37. The average Bonchev–Trinajstić information content (AvgIpc) is 2.88. The van der Waals surface area contributed by atoms with E-state index in [-0.39, 0.29) is 0 Å². The maximum Gasteiger partial charge on any atom is 0.0936 e. The Morgan fingerprint density at radius 3 is 1.35 bits per heavy atom. The fourth-order valence-electron chi connectivity index (χ4n) is 4.07. The first kappa shape index (κ1) is 25.9. The van der Waals surface area contributed by atoms with E-state index in [2.05, 4.69) is 38.7 Å². The molecular weight excluding hydrogens is 418 g/mol. The van der Waals surface area contributed by atoms with Gasteiger partial charge in [-0.1, -0.05) is 53.4 Å². The average molecular weight is 460 g/mol. The lowest BCUT2D eigenvalue weighted by atomic mass is 10.0. The van der Waals surface area contributed by atoms with Gasteiger partial charge in [-0.25, -0.2) is 9.97 Å². The lowest BCUT2D eigenvalue weighted by Crippen LogP contribution is -2.04. The molecule has 0 aliphatic rings. The second-order valence-electron chi connectivity index (χ2n) is 9.19. The van der Waals surface area contributed by atoms with Crippen LogP contribution in [0.1, 0.15) is 102 Å². The van der Waals surface area contributed by atoms with Gasteiger partial charge in [0.2, 0.25) is 0 Å². The van der Waals surface area contributed by atoms with Crippen LogP contribution in [0.25, 0.3) is 22.5 Å².